The fraction of sp³-hybridized carbons (Fsp3) is 0.800. The van der Waals surface area contributed by atoms with E-state index in [4.69, 9.17) is 5.73 Å². The Balaban J connectivity index is 1.62. The van der Waals surface area contributed by atoms with Crippen molar-refractivity contribution in [1.29, 1.82) is 0 Å². The fourth-order valence-electron chi connectivity index (χ4n) is 3.76. The van der Waals surface area contributed by atoms with E-state index in [1.165, 1.54) is 62.7 Å². The van der Waals surface area contributed by atoms with E-state index >= 15 is 0 Å². The van der Waals surface area contributed by atoms with Gasteiger partial charge in [0.1, 0.15) is 0 Å². The lowest BCUT2D eigenvalue weighted by Crippen LogP contribution is -2.36. The highest BCUT2D eigenvalue weighted by Crippen LogP contribution is 2.28. The van der Waals surface area contributed by atoms with Gasteiger partial charge in [-0.15, -0.1) is 20.6 Å². The van der Waals surface area contributed by atoms with Crippen molar-refractivity contribution >= 4 is 20.6 Å². The van der Waals surface area contributed by atoms with Crippen LogP contribution >= 0.6 is 20.6 Å². The molecule has 23 heavy (non-hydrogen) atoms. The second kappa shape index (κ2) is 10.2. The quantitative estimate of drug-likeness (QED) is 0.408. The number of rotatable bonds is 10. The van der Waals surface area contributed by atoms with Crippen LogP contribution in [0.1, 0.15) is 80.9 Å². The Bertz CT molecular complexity index is 435. The maximum absolute atomic E-state index is 6.34. The van der Waals surface area contributed by atoms with Gasteiger partial charge in [-0.05, 0) is 63.2 Å². The number of unbranched alkanes of at least 4 members (excludes halogenated alkanes) is 1. The minimum atomic E-state index is -0.00804. The van der Waals surface area contributed by atoms with Crippen molar-refractivity contribution in [3.63, 3.8) is 0 Å². The molecule has 2 atom stereocenters. The number of aryl methyl sites for hydroxylation is 2. The van der Waals surface area contributed by atoms with Crippen molar-refractivity contribution in [3.8, 4) is 0 Å². The largest absolute Gasteiger partial charge is 0.325 e. The van der Waals surface area contributed by atoms with Crippen LogP contribution in [-0.2, 0) is 12.8 Å². The van der Waals surface area contributed by atoms with Gasteiger partial charge < -0.3 is 5.73 Å². The smallest absolute Gasteiger partial charge is 0.0132 e. The Morgan fingerprint density at radius 1 is 1.09 bits per heavy atom. The molecule has 1 aromatic heterocycles. The van der Waals surface area contributed by atoms with Gasteiger partial charge in [0.15, 0.2) is 0 Å². The van der Waals surface area contributed by atoms with E-state index < -0.39 is 0 Å². The molecule has 1 nitrogen and oxygen atoms in total. The standard InChI is InChI=1S/C20H36NPS/c1-20(21,15-16-22)14-13-19-12-11-18(23-19)10-6-5-9-17-7-3-2-4-8-17/h11-12,17H,2-10,13-16,21-22H2,1H3. The van der Waals surface area contributed by atoms with Crippen molar-refractivity contribution in [1.82, 2.24) is 0 Å². The number of hydrogen-bond donors (Lipinski definition) is 1. The lowest BCUT2D eigenvalue weighted by atomic mass is 9.85. The Morgan fingerprint density at radius 2 is 1.78 bits per heavy atom. The summed E-state index contributed by atoms with van der Waals surface area (Å²) in [4.78, 5) is 3.10. The minimum absolute atomic E-state index is 0.00804. The molecule has 1 aliphatic carbocycles. The average Bonchev–Trinajstić information content (AvgIpc) is 2.99. The second-order valence-corrected chi connectivity index (χ2v) is 9.64. The number of thiophene rings is 1. The third kappa shape index (κ3) is 7.67. The van der Waals surface area contributed by atoms with Crippen LogP contribution in [0, 0.1) is 5.92 Å². The van der Waals surface area contributed by atoms with E-state index in [0.717, 1.165) is 31.3 Å². The molecule has 0 aromatic carbocycles. The first-order valence-corrected chi connectivity index (χ1v) is 11.3. The minimum Gasteiger partial charge on any atom is -0.325 e. The molecule has 132 valence electrons. The van der Waals surface area contributed by atoms with E-state index in [-0.39, 0.29) is 5.54 Å². The zero-order valence-electron chi connectivity index (χ0n) is 15.0. The van der Waals surface area contributed by atoms with Crippen LogP contribution in [0.3, 0.4) is 0 Å². The first-order chi connectivity index (χ1) is 11.1. The Hall–Kier alpha value is 0.0900. The highest BCUT2D eigenvalue weighted by atomic mass is 32.1. The van der Waals surface area contributed by atoms with E-state index in [0.29, 0.717) is 0 Å². The highest BCUT2D eigenvalue weighted by molar-refractivity contribution is 7.16. The molecule has 0 bridgehead atoms. The zero-order chi connectivity index (χ0) is 16.5. The van der Waals surface area contributed by atoms with Crippen LogP contribution in [0.15, 0.2) is 12.1 Å². The van der Waals surface area contributed by atoms with E-state index in [9.17, 15) is 0 Å². The van der Waals surface area contributed by atoms with Crippen molar-refractivity contribution in [3.05, 3.63) is 21.9 Å². The van der Waals surface area contributed by atoms with Gasteiger partial charge in [-0.3, -0.25) is 0 Å². The Morgan fingerprint density at radius 3 is 2.48 bits per heavy atom. The van der Waals surface area contributed by atoms with Gasteiger partial charge in [0, 0.05) is 15.3 Å². The zero-order valence-corrected chi connectivity index (χ0v) is 17.0. The summed E-state index contributed by atoms with van der Waals surface area (Å²) in [6.45, 7) is 2.19. The lowest BCUT2D eigenvalue weighted by molar-refractivity contribution is 0.330. The molecule has 1 fully saturated rings. The third-order valence-electron chi connectivity index (χ3n) is 5.39. The molecular weight excluding hydrogens is 317 g/mol. The molecule has 1 heterocycles. The van der Waals surface area contributed by atoms with Crippen molar-refractivity contribution in [2.45, 2.75) is 89.5 Å². The van der Waals surface area contributed by atoms with Crippen LogP contribution in [0.4, 0.5) is 0 Å². The summed E-state index contributed by atoms with van der Waals surface area (Å²) >= 11 is 2.02. The SMILES string of the molecule is CC(N)(CCP)CCc1ccc(CCCCC2CCCCC2)s1. The molecule has 3 heteroatoms. The van der Waals surface area contributed by atoms with Crippen molar-refractivity contribution in [2.75, 3.05) is 6.16 Å². The van der Waals surface area contributed by atoms with Gasteiger partial charge in [0.2, 0.25) is 0 Å². The molecular formula is C20H36NPS. The average molecular weight is 354 g/mol. The van der Waals surface area contributed by atoms with Gasteiger partial charge in [-0.1, -0.05) is 44.9 Å². The Labute approximate surface area is 150 Å². The summed E-state index contributed by atoms with van der Waals surface area (Å²) in [7, 11) is 2.79. The number of nitrogens with two attached hydrogens (primary N) is 1. The summed E-state index contributed by atoms with van der Waals surface area (Å²) in [6, 6.07) is 4.68. The van der Waals surface area contributed by atoms with Crippen molar-refractivity contribution < 1.29 is 0 Å². The predicted molar refractivity (Wildman–Crippen MR) is 109 cm³/mol. The van der Waals surface area contributed by atoms with Gasteiger partial charge in [-0.2, -0.15) is 0 Å². The van der Waals surface area contributed by atoms with Gasteiger partial charge >= 0.3 is 0 Å². The Kier molecular flexibility index (Phi) is 8.58. The third-order valence-corrected chi connectivity index (χ3v) is 6.88. The van der Waals surface area contributed by atoms with Gasteiger partial charge in [0.05, 0.1) is 0 Å². The molecule has 0 aliphatic heterocycles. The van der Waals surface area contributed by atoms with Crippen LogP contribution in [0.25, 0.3) is 0 Å². The molecule has 0 saturated heterocycles. The maximum Gasteiger partial charge on any atom is 0.0132 e. The first kappa shape index (κ1) is 19.4. The van der Waals surface area contributed by atoms with Gasteiger partial charge in [0.25, 0.3) is 0 Å². The highest BCUT2D eigenvalue weighted by Gasteiger charge is 2.17. The maximum atomic E-state index is 6.34. The summed E-state index contributed by atoms with van der Waals surface area (Å²) in [5, 5.41) is 0. The normalized spacial score (nSPS) is 18.9. The monoisotopic (exact) mass is 353 g/mol. The summed E-state index contributed by atoms with van der Waals surface area (Å²) in [5.41, 5.74) is 6.33. The molecule has 1 saturated carbocycles. The molecule has 1 aromatic rings. The van der Waals surface area contributed by atoms with E-state index in [2.05, 4.69) is 28.3 Å². The van der Waals surface area contributed by atoms with Crippen LogP contribution < -0.4 is 5.73 Å². The van der Waals surface area contributed by atoms with E-state index in [1.807, 2.05) is 11.3 Å². The van der Waals surface area contributed by atoms with Crippen LogP contribution in [0.5, 0.6) is 0 Å². The first-order valence-electron chi connectivity index (χ1n) is 9.65. The summed E-state index contributed by atoms with van der Waals surface area (Å²) in [5.74, 6) is 1.04. The van der Waals surface area contributed by atoms with Gasteiger partial charge in [-0.25, -0.2) is 0 Å². The van der Waals surface area contributed by atoms with Crippen LogP contribution in [0.2, 0.25) is 0 Å². The number of hydrogen-bond acceptors (Lipinski definition) is 2. The van der Waals surface area contributed by atoms with Crippen LogP contribution in [-0.4, -0.2) is 11.7 Å². The molecule has 2 rings (SSSR count). The summed E-state index contributed by atoms with van der Waals surface area (Å²) in [6.07, 6.45) is 17.4. The predicted octanol–water partition coefficient (Wildman–Crippen LogP) is 5.96. The molecule has 2 N–H and O–H groups in total. The summed E-state index contributed by atoms with van der Waals surface area (Å²) < 4.78 is 0. The molecule has 2 unspecified atom stereocenters. The molecule has 0 amide bonds. The molecule has 0 spiro atoms. The fourth-order valence-corrected chi connectivity index (χ4v) is 5.48. The van der Waals surface area contributed by atoms with E-state index in [1.54, 1.807) is 4.88 Å². The molecule has 1 aliphatic rings. The topological polar surface area (TPSA) is 26.0 Å². The second-order valence-electron chi connectivity index (χ2n) is 7.81. The molecule has 0 radical (unpaired) electrons. The lowest BCUT2D eigenvalue weighted by Gasteiger charge is -2.23. The van der Waals surface area contributed by atoms with Crippen molar-refractivity contribution in [2.24, 2.45) is 11.7 Å².